The molecule has 2 atom stereocenters. The lowest BCUT2D eigenvalue weighted by Gasteiger charge is -2.25. The van der Waals surface area contributed by atoms with E-state index >= 15 is 0 Å². The standard InChI is InChI=1S/C38H39F2NO2/c1-23(2)25(4)35-21-31(27(6)41-22-29-13-18-36(39)37(40)20-29)16-17-32(35)26(5)24(3)19-28-11-14-30(15-12-28)33-9-7-8-10-34(33)38(42)43/h7-18,20-21,24,26,41H,6,19,22H2,1-5H3,(H,42,43). The Morgan fingerprint density at radius 2 is 1.51 bits per heavy atom. The van der Waals surface area contributed by atoms with Gasteiger partial charge in [0.15, 0.2) is 11.6 Å². The van der Waals surface area contributed by atoms with Crippen LogP contribution < -0.4 is 5.32 Å². The first-order valence-electron chi connectivity index (χ1n) is 14.5. The van der Waals surface area contributed by atoms with Gasteiger partial charge in [0, 0.05) is 12.2 Å². The van der Waals surface area contributed by atoms with Crippen LogP contribution in [0, 0.1) is 17.6 Å². The van der Waals surface area contributed by atoms with Crippen LogP contribution in [-0.4, -0.2) is 11.1 Å². The third-order valence-corrected chi connectivity index (χ3v) is 8.37. The second kappa shape index (κ2) is 13.6. The van der Waals surface area contributed by atoms with E-state index in [2.05, 4.69) is 76.8 Å². The van der Waals surface area contributed by atoms with Crippen molar-refractivity contribution >= 4 is 17.2 Å². The van der Waals surface area contributed by atoms with E-state index in [4.69, 9.17) is 0 Å². The number of nitrogens with one attached hydrogen (secondary N) is 1. The highest BCUT2D eigenvalue weighted by atomic mass is 19.2. The molecular weight excluding hydrogens is 540 g/mol. The number of carbonyl (C=O) groups is 1. The monoisotopic (exact) mass is 579 g/mol. The maximum absolute atomic E-state index is 13.6. The summed E-state index contributed by atoms with van der Waals surface area (Å²) in [6.45, 7) is 15.4. The topological polar surface area (TPSA) is 49.3 Å². The van der Waals surface area contributed by atoms with Gasteiger partial charge in [0.2, 0.25) is 0 Å². The van der Waals surface area contributed by atoms with Gasteiger partial charge in [0.1, 0.15) is 0 Å². The number of hydrogen-bond donors (Lipinski definition) is 2. The van der Waals surface area contributed by atoms with Crippen molar-refractivity contribution in [1.82, 2.24) is 5.32 Å². The van der Waals surface area contributed by atoms with Crippen molar-refractivity contribution < 1.29 is 18.7 Å². The number of allylic oxidation sites excluding steroid dienone is 2. The molecule has 0 amide bonds. The number of hydrogen-bond acceptors (Lipinski definition) is 2. The summed E-state index contributed by atoms with van der Waals surface area (Å²) in [6, 6.07) is 25.5. The average molecular weight is 580 g/mol. The van der Waals surface area contributed by atoms with Gasteiger partial charge in [-0.05, 0) is 108 Å². The van der Waals surface area contributed by atoms with Crippen LogP contribution in [-0.2, 0) is 13.0 Å². The zero-order valence-corrected chi connectivity index (χ0v) is 25.5. The molecule has 43 heavy (non-hydrogen) atoms. The molecule has 0 fully saturated rings. The van der Waals surface area contributed by atoms with Crippen LogP contribution in [0.15, 0.2) is 97.1 Å². The molecule has 3 nitrogen and oxygen atoms in total. The van der Waals surface area contributed by atoms with Crippen molar-refractivity contribution in [2.45, 2.75) is 53.5 Å². The van der Waals surface area contributed by atoms with E-state index in [0.717, 1.165) is 23.6 Å². The number of halogens is 2. The van der Waals surface area contributed by atoms with Gasteiger partial charge in [-0.2, -0.15) is 0 Å². The summed E-state index contributed by atoms with van der Waals surface area (Å²) in [6.07, 6.45) is 0.875. The zero-order valence-electron chi connectivity index (χ0n) is 25.5. The maximum atomic E-state index is 13.6. The smallest absolute Gasteiger partial charge is 0.336 e. The van der Waals surface area contributed by atoms with Crippen molar-refractivity contribution in [3.05, 3.63) is 142 Å². The minimum absolute atomic E-state index is 0.258. The summed E-state index contributed by atoms with van der Waals surface area (Å²) >= 11 is 0. The zero-order chi connectivity index (χ0) is 31.3. The second-order valence-electron chi connectivity index (χ2n) is 11.5. The van der Waals surface area contributed by atoms with E-state index in [0.29, 0.717) is 34.9 Å². The number of carboxylic acids is 1. The number of aromatic carboxylic acids is 1. The lowest BCUT2D eigenvalue weighted by atomic mass is 9.80. The van der Waals surface area contributed by atoms with Crippen molar-refractivity contribution in [2.24, 2.45) is 5.92 Å². The fourth-order valence-corrected chi connectivity index (χ4v) is 5.29. The van der Waals surface area contributed by atoms with E-state index in [9.17, 15) is 18.7 Å². The molecule has 0 bridgehead atoms. The van der Waals surface area contributed by atoms with Gasteiger partial charge in [-0.15, -0.1) is 0 Å². The number of benzene rings is 4. The number of rotatable bonds is 11. The van der Waals surface area contributed by atoms with Crippen LogP contribution in [0.1, 0.15) is 78.7 Å². The normalized spacial score (nSPS) is 12.3. The lowest BCUT2D eigenvalue weighted by Crippen LogP contribution is -2.14. The second-order valence-corrected chi connectivity index (χ2v) is 11.5. The first kappa shape index (κ1) is 31.4. The molecule has 0 spiro atoms. The van der Waals surface area contributed by atoms with Crippen molar-refractivity contribution in [3.63, 3.8) is 0 Å². The fourth-order valence-electron chi connectivity index (χ4n) is 5.29. The Bertz CT molecular complexity index is 1670. The Balaban J connectivity index is 1.52. The minimum atomic E-state index is -0.932. The van der Waals surface area contributed by atoms with E-state index in [-0.39, 0.29) is 5.92 Å². The van der Waals surface area contributed by atoms with Gasteiger partial charge in [-0.3, -0.25) is 0 Å². The Hall–Kier alpha value is -4.51. The molecule has 0 aliphatic rings. The van der Waals surface area contributed by atoms with Gasteiger partial charge in [0.05, 0.1) is 5.56 Å². The Morgan fingerprint density at radius 1 is 0.837 bits per heavy atom. The highest BCUT2D eigenvalue weighted by molar-refractivity contribution is 5.96. The van der Waals surface area contributed by atoms with Crippen LogP contribution >= 0.6 is 0 Å². The molecule has 2 unspecified atom stereocenters. The van der Waals surface area contributed by atoms with Crippen molar-refractivity contribution in [3.8, 4) is 11.1 Å². The predicted octanol–water partition coefficient (Wildman–Crippen LogP) is 9.89. The summed E-state index contributed by atoms with van der Waals surface area (Å²) in [5.74, 6) is -2.06. The van der Waals surface area contributed by atoms with Crippen LogP contribution in [0.25, 0.3) is 22.4 Å². The van der Waals surface area contributed by atoms with E-state index in [1.807, 2.05) is 24.3 Å². The van der Waals surface area contributed by atoms with Crippen LogP contribution in [0.2, 0.25) is 0 Å². The minimum Gasteiger partial charge on any atom is -0.478 e. The summed E-state index contributed by atoms with van der Waals surface area (Å²) in [5.41, 5.74) is 10.3. The molecule has 0 heterocycles. The molecule has 0 saturated heterocycles. The Morgan fingerprint density at radius 3 is 2.16 bits per heavy atom. The molecule has 0 aromatic heterocycles. The van der Waals surface area contributed by atoms with Crippen LogP contribution in [0.5, 0.6) is 0 Å². The molecule has 0 aliphatic heterocycles. The highest BCUT2D eigenvalue weighted by Crippen LogP contribution is 2.35. The van der Waals surface area contributed by atoms with Crippen LogP contribution in [0.3, 0.4) is 0 Å². The SMILES string of the molecule is C=C(NCc1ccc(F)c(F)c1)c1ccc(C(C)C(C)Cc2ccc(-c3ccccc3C(=O)O)cc2)c(C(C)=C(C)C)c1. The molecule has 222 valence electrons. The summed E-state index contributed by atoms with van der Waals surface area (Å²) in [7, 11) is 0. The first-order valence-corrected chi connectivity index (χ1v) is 14.5. The molecule has 5 heteroatoms. The molecule has 4 aromatic rings. The molecule has 0 saturated carbocycles. The van der Waals surface area contributed by atoms with Crippen LogP contribution in [0.4, 0.5) is 8.78 Å². The van der Waals surface area contributed by atoms with E-state index in [1.165, 1.54) is 33.9 Å². The lowest BCUT2D eigenvalue weighted by molar-refractivity contribution is 0.0697. The van der Waals surface area contributed by atoms with E-state index < -0.39 is 17.6 Å². The summed E-state index contributed by atoms with van der Waals surface area (Å²) in [4.78, 5) is 11.7. The summed E-state index contributed by atoms with van der Waals surface area (Å²) in [5, 5.41) is 12.8. The van der Waals surface area contributed by atoms with Gasteiger partial charge >= 0.3 is 5.97 Å². The maximum Gasteiger partial charge on any atom is 0.336 e. The summed E-state index contributed by atoms with van der Waals surface area (Å²) < 4.78 is 27.0. The number of carboxylic acid groups (broad SMARTS) is 1. The van der Waals surface area contributed by atoms with Gasteiger partial charge in [0.25, 0.3) is 0 Å². The van der Waals surface area contributed by atoms with Gasteiger partial charge in [-0.25, -0.2) is 13.6 Å². The molecule has 0 aliphatic carbocycles. The van der Waals surface area contributed by atoms with Gasteiger partial charge < -0.3 is 10.4 Å². The largest absolute Gasteiger partial charge is 0.478 e. The Labute approximate surface area is 253 Å². The van der Waals surface area contributed by atoms with Gasteiger partial charge in [-0.1, -0.05) is 86.7 Å². The quantitative estimate of drug-likeness (QED) is 0.186. The fraction of sp³-hybridized carbons (Fsp3) is 0.237. The molecule has 4 aromatic carbocycles. The highest BCUT2D eigenvalue weighted by Gasteiger charge is 2.20. The molecular formula is C38H39F2NO2. The molecule has 4 rings (SSSR count). The third kappa shape index (κ3) is 7.47. The van der Waals surface area contributed by atoms with Crippen molar-refractivity contribution in [1.29, 1.82) is 0 Å². The predicted molar refractivity (Wildman–Crippen MR) is 173 cm³/mol. The Kier molecular flexibility index (Phi) is 9.97. The van der Waals surface area contributed by atoms with E-state index in [1.54, 1.807) is 18.2 Å². The van der Waals surface area contributed by atoms with Crippen molar-refractivity contribution in [2.75, 3.05) is 0 Å². The molecule has 0 radical (unpaired) electrons. The average Bonchev–Trinajstić information content (AvgIpc) is 3.00. The third-order valence-electron chi connectivity index (χ3n) is 8.37. The molecule has 2 N–H and O–H groups in total. The first-order chi connectivity index (χ1) is 20.5.